The Bertz CT molecular complexity index is 1140. The van der Waals surface area contributed by atoms with Crippen molar-refractivity contribution < 1.29 is 17.9 Å². The molecule has 1 amide bonds. The fourth-order valence-corrected chi connectivity index (χ4v) is 5.21. The average molecular weight is 460 g/mol. The molecule has 2 aromatic carbocycles. The van der Waals surface area contributed by atoms with Crippen LogP contribution in [0.15, 0.2) is 53.4 Å². The molecule has 31 heavy (non-hydrogen) atoms. The molecule has 2 heterocycles. The molecular weight excluding hydrogens is 434 g/mol. The Hall–Kier alpha value is -2.33. The van der Waals surface area contributed by atoms with E-state index < -0.39 is 9.84 Å². The maximum Gasteiger partial charge on any atom is 0.260 e. The van der Waals surface area contributed by atoms with E-state index in [1.165, 1.54) is 23.5 Å². The zero-order valence-electron chi connectivity index (χ0n) is 17.4. The molecule has 1 aromatic heterocycles. The summed E-state index contributed by atoms with van der Waals surface area (Å²) in [5, 5.41) is 0.623. The van der Waals surface area contributed by atoms with Crippen molar-refractivity contribution >= 4 is 42.4 Å². The third-order valence-corrected chi connectivity index (χ3v) is 7.40. The summed E-state index contributed by atoms with van der Waals surface area (Å²) in [4.78, 5) is 22.3. The molecule has 0 radical (unpaired) electrons. The first kappa shape index (κ1) is 21.9. The van der Waals surface area contributed by atoms with Gasteiger partial charge in [-0.15, -0.1) is 0 Å². The lowest BCUT2D eigenvalue weighted by atomic mass is 10.2. The summed E-state index contributed by atoms with van der Waals surface area (Å²) in [5.74, 6) is -0.244. The van der Waals surface area contributed by atoms with Gasteiger partial charge in [0, 0.05) is 38.0 Å². The maximum atomic E-state index is 13.4. The molecule has 0 saturated carbocycles. The van der Waals surface area contributed by atoms with Crippen LogP contribution in [0.4, 0.5) is 5.13 Å². The minimum Gasteiger partial charge on any atom is -0.379 e. The number of rotatable bonds is 7. The number of hydrogen-bond donors (Lipinski definition) is 0. The smallest absolute Gasteiger partial charge is 0.260 e. The summed E-state index contributed by atoms with van der Waals surface area (Å²) in [5.41, 5.74) is 1.19. The van der Waals surface area contributed by atoms with E-state index in [0.29, 0.717) is 17.2 Å². The fourth-order valence-electron chi connectivity index (χ4n) is 3.55. The highest BCUT2D eigenvalue weighted by atomic mass is 32.2. The molecule has 4 rings (SSSR count). The summed E-state index contributed by atoms with van der Waals surface area (Å²) in [7, 11) is -3.40. The van der Waals surface area contributed by atoms with Gasteiger partial charge in [0.15, 0.2) is 15.0 Å². The van der Waals surface area contributed by atoms with Crippen LogP contribution in [-0.2, 0) is 14.6 Å². The number of hydrogen-bond acceptors (Lipinski definition) is 7. The second kappa shape index (κ2) is 9.44. The van der Waals surface area contributed by atoms with Gasteiger partial charge in [-0.3, -0.25) is 14.6 Å². The lowest BCUT2D eigenvalue weighted by molar-refractivity contribution is 0.0376. The molecule has 0 N–H and O–H groups in total. The Balaban J connectivity index is 1.60. The van der Waals surface area contributed by atoms with E-state index >= 15 is 0 Å². The molecule has 1 aliphatic rings. The second-order valence-corrected chi connectivity index (χ2v) is 10.6. The van der Waals surface area contributed by atoms with Crippen LogP contribution in [-0.4, -0.2) is 69.9 Å². The van der Waals surface area contributed by atoms with E-state index in [1.807, 2.05) is 24.3 Å². The molecule has 0 unspecified atom stereocenters. The van der Waals surface area contributed by atoms with Crippen molar-refractivity contribution in [2.24, 2.45) is 0 Å². The molecule has 1 fully saturated rings. The molecule has 1 aliphatic heterocycles. The van der Waals surface area contributed by atoms with Gasteiger partial charge in [0.05, 0.1) is 28.3 Å². The van der Waals surface area contributed by atoms with Gasteiger partial charge in [-0.1, -0.05) is 29.5 Å². The topological polar surface area (TPSA) is 79.8 Å². The number of amides is 1. The molecule has 0 atom stereocenters. The second-order valence-electron chi connectivity index (χ2n) is 7.53. The van der Waals surface area contributed by atoms with Gasteiger partial charge in [0.2, 0.25) is 0 Å². The monoisotopic (exact) mass is 459 g/mol. The number of carbonyl (C=O) groups excluding carboxylic acids is 1. The van der Waals surface area contributed by atoms with Gasteiger partial charge in [-0.05, 0) is 36.8 Å². The predicted octanol–water partition coefficient (Wildman–Crippen LogP) is 3.07. The highest BCUT2D eigenvalue weighted by Gasteiger charge is 2.23. The van der Waals surface area contributed by atoms with E-state index in [0.717, 1.165) is 55.7 Å². The summed E-state index contributed by atoms with van der Waals surface area (Å²) >= 11 is 1.47. The zero-order valence-corrected chi connectivity index (χ0v) is 19.0. The van der Waals surface area contributed by atoms with E-state index in [9.17, 15) is 13.2 Å². The molecule has 0 bridgehead atoms. The molecule has 0 aliphatic carbocycles. The SMILES string of the molecule is CS(=O)(=O)c1cccc(C(=O)N(CCCN2CCOCC2)c2nc3ccccc3s2)c1. The Morgan fingerprint density at radius 1 is 1.16 bits per heavy atom. The lowest BCUT2D eigenvalue weighted by Gasteiger charge is -2.27. The molecule has 9 heteroatoms. The van der Waals surface area contributed by atoms with Crippen LogP contribution in [0.3, 0.4) is 0 Å². The van der Waals surface area contributed by atoms with E-state index in [-0.39, 0.29) is 10.8 Å². The summed E-state index contributed by atoms with van der Waals surface area (Å²) < 4.78 is 30.3. The van der Waals surface area contributed by atoms with Crippen LogP contribution in [0, 0.1) is 0 Å². The van der Waals surface area contributed by atoms with Gasteiger partial charge in [-0.25, -0.2) is 13.4 Å². The van der Waals surface area contributed by atoms with E-state index in [2.05, 4.69) is 9.88 Å². The van der Waals surface area contributed by atoms with Gasteiger partial charge in [-0.2, -0.15) is 0 Å². The lowest BCUT2D eigenvalue weighted by Crippen LogP contribution is -2.39. The Kier molecular flexibility index (Phi) is 6.66. The van der Waals surface area contributed by atoms with Crippen molar-refractivity contribution in [3.05, 3.63) is 54.1 Å². The minimum atomic E-state index is -3.40. The molecule has 1 saturated heterocycles. The number of carbonyl (C=O) groups is 1. The number of para-hydroxylation sites is 1. The van der Waals surface area contributed by atoms with Gasteiger partial charge in [0.25, 0.3) is 5.91 Å². The minimum absolute atomic E-state index is 0.135. The van der Waals surface area contributed by atoms with Crippen molar-refractivity contribution in [2.75, 3.05) is 50.5 Å². The maximum absolute atomic E-state index is 13.4. The molecule has 164 valence electrons. The van der Waals surface area contributed by atoms with Crippen LogP contribution in [0.25, 0.3) is 10.2 Å². The molecule has 0 spiro atoms. The Morgan fingerprint density at radius 3 is 2.68 bits per heavy atom. The first-order valence-electron chi connectivity index (χ1n) is 10.2. The largest absolute Gasteiger partial charge is 0.379 e. The van der Waals surface area contributed by atoms with Gasteiger partial charge in [0.1, 0.15) is 0 Å². The molecule has 3 aromatic rings. The van der Waals surface area contributed by atoms with Crippen LogP contribution >= 0.6 is 11.3 Å². The number of benzene rings is 2. The van der Waals surface area contributed by atoms with E-state index in [4.69, 9.17) is 4.74 Å². The summed E-state index contributed by atoms with van der Waals surface area (Å²) in [6, 6.07) is 14.0. The predicted molar refractivity (Wildman–Crippen MR) is 123 cm³/mol. The standard InChI is InChI=1S/C22H25N3O4S2/c1-31(27,28)18-7-4-6-17(16-18)21(26)25(11-5-10-24-12-14-29-15-13-24)22-23-19-8-2-3-9-20(19)30-22/h2-4,6-9,16H,5,10-15H2,1H3. The zero-order chi connectivity index (χ0) is 21.8. The molecule has 7 nitrogen and oxygen atoms in total. The van der Waals surface area contributed by atoms with E-state index in [1.54, 1.807) is 17.0 Å². The quantitative estimate of drug-likeness (QED) is 0.540. The van der Waals surface area contributed by atoms with Crippen molar-refractivity contribution in [1.29, 1.82) is 0 Å². The van der Waals surface area contributed by atoms with Crippen LogP contribution in [0.1, 0.15) is 16.8 Å². The number of thiazole rings is 1. The fraction of sp³-hybridized carbons (Fsp3) is 0.364. The third kappa shape index (κ3) is 5.30. The van der Waals surface area contributed by atoms with Gasteiger partial charge >= 0.3 is 0 Å². The number of fused-ring (bicyclic) bond motifs is 1. The van der Waals surface area contributed by atoms with Gasteiger partial charge < -0.3 is 4.74 Å². The summed E-state index contributed by atoms with van der Waals surface area (Å²) in [6.07, 6.45) is 1.93. The number of anilines is 1. The third-order valence-electron chi connectivity index (χ3n) is 5.23. The first-order chi connectivity index (χ1) is 14.9. The van der Waals surface area contributed by atoms with Crippen molar-refractivity contribution in [1.82, 2.24) is 9.88 Å². The Morgan fingerprint density at radius 2 is 1.94 bits per heavy atom. The summed E-state index contributed by atoms with van der Waals surface area (Å²) in [6.45, 7) is 4.62. The number of nitrogens with zero attached hydrogens (tertiary/aromatic N) is 3. The highest BCUT2D eigenvalue weighted by Crippen LogP contribution is 2.30. The number of aromatic nitrogens is 1. The molecular formula is C22H25N3O4S2. The Labute approximate surface area is 186 Å². The van der Waals surface area contributed by atoms with Crippen molar-refractivity contribution in [3.8, 4) is 0 Å². The first-order valence-corrected chi connectivity index (χ1v) is 12.9. The van der Waals surface area contributed by atoms with Crippen molar-refractivity contribution in [3.63, 3.8) is 0 Å². The number of morpholine rings is 1. The normalized spacial score (nSPS) is 15.3. The van der Waals surface area contributed by atoms with Crippen LogP contribution in [0.2, 0.25) is 0 Å². The van der Waals surface area contributed by atoms with Crippen molar-refractivity contribution in [2.45, 2.75) is 11.3 Å². The van der Waals surface area contributed by atoms with Crippen LogP contribution in [0.5, 0.6) is 0 Å². The number of ether oxygens (including phenoxy) is 1. The van der Waals surface area contributed by atoms with Crippen LogP contribution < -0.4 is 4.90 Å². The average Bonchev–Trinajstić information content (AvgIpc) is 3.20. The highest BCUT2D eigenvalue weighted by molar-refractivity contribution is 7.90. The number of sulfone groups is 1.